The Labute approximate surface area is 113 Å². The number of carbonyl (C=O) groups is 1. The van der Waals surface area contributed by atoms with Gasteiger partial charge in [-0.15, -0.1) is 0 Å². The summed E-state index contributed by atoms with van der Waals surface area (Å²) in [4.78, 5) is 15.8. The first-order chi connectivity index (χ1) is 9.28. The largest absolute Gasteiger partial charge is 0.352 e. The molecule has 0 radical (unpaired) electrons. The highest BCUT2D eigenvalue weighted by Crippen LogP contribution is 2.06. The van der Waals surface area contributed by atoms with Crippen LogP contribution in [0.5, 0.6) is 0 Å². The lowest BCUT2D eigenvalue weighted by Gasteiger charge is -2.05. The zero-order valence-corrected chi connectivity index (χ0v) is 11.1. The van der Waals surface area contributed by atoms with Gasteiger partial charge in [0.1, 0.15) is 0 Å². The molecule has 0 bridgehead atoms. The number of amides is 1. The molecule has 0 aliphatic heterocycles. The van der Waals surface area contributed by atoms with E-state index in [1.807, 2.05) is 24.3 Å². The van der Waals surface area contributed by atoms with E-state index in [4.69, 9.17) is 0 Å². The first kappa shape index (κ1) is 13.3. The number of hydrogen-bond donors (Lipinski definition) is 1. The van der Waals surface area contributed by atoms with E-state index < -0.39 is 0 Å². The minimum Gasteiger partial charge on any atom is -0.352 e. The summed E-state index contributed by atoms with van der Waals surface area (Å²) < 4.78 is 0. The number of aryl methyl sites for hydroxylation is 1. The van der Waals surface area contributed by atoms with Crippen molar-refractivity contribution in [2.45, 2.75) is 26.3 Å². The van der Waals surface area contributed by atoms with Crippen LogP contribution in [0, 0.1) is 0 Å². The molecule has 0 fully saturated rings. The normalized spacial score (nSPS) is 10.2. The standard InChI is InChI=1S/C16H18N2O/c1-2-13-5-7-14(8-6-13)10-16(19)18-12-15-4-3-9-17-11-15/h3-9,11H,2,10,12H2,1H3,(H,18,19). The van der Waals surface area contributed by atoms with E-state index in [-0.39, 0.29) is 5.91 Å². The van der Waals surface area contributed by atoms with E-state index in [1.165, 1.54) is 5.56 Å². The van der Waals surface area contributed by atoms with Crippen LogP contribution in [0.3, 0.4) is 0 Å². The lowest BCUT2D eigenvalue weighted by Crippen LogP contribution is -2.24. The molecule has 3 nitrogen and oxygen atoms in total. The number of pyridine rings is 1. The second kappa shape index (κ2) is 6.69. The molecule has 19 heavy (non-hydrogen) atoms. The molecule has 3 heteroatoms. The third-order valence-corrected chi connectivity index (χ3v) is 3.01. The van der Waals surface area contributed by atoms with Gasteiger partial charge in [0.05, 0.1) is 6.42 Å². The van der Waals surface area contributed by atoms with Crippen molar-refractivity contribution in [2.24, 2.45) is 0 Å². The summed E-state index contributed by atoms with van der Waals surface area (Å²) in [6.07, 6.45) is 4.93. The van der Waals surface area contributed by atoms with Crippen LogP contribution in [-0.4, -0.2) is 10.9 Å². The Balaban J connectivity index is 1.83. The van der Waals surface area contributed by atoms with E-state index in [9.17, 15) is 4.79 Å². The van der Waals surface area contributed by atoms with Gasteiger partial charge in [0.2, 0.25) is 5.91 Å². The van der Waals surface area contributed by atoms with Gasteiger partial charge in [-0.05, 0) is 29.2 Å². The lowest BCUT2D eigenvalue weighted by atomic mass is 10.1. The maximum atomic E-state index is 11.8. The Kier molecular flexibility index (Phi) is 4.67. The van der Waals surface area contributed by atoms with Gasteiger partial charge in [-0.2, -0.15) is 0 Å². The maximum Gasteiger partial charge on any atom is 0.224 e. The highest BCUT2D eigenvalue weighted by atomic mass is 16.1. The predicted molar refractivity (Wildman–Crippen MR) is 75.6 cm³/mol. The predicted octanol–water partition coefficient (Wildman–Crippen LogP) is 2.50. The smallest absolute Gasteiger partial charge is 0.224 e. The van der Waals surface area contributed by atoms with Gasteiger partial charge < -0.3 is 5.32 Å². The molecule has 0 unspecified atom stereocenters. The third-order valence-electron chi connectivity index (χ3n) is 3.01. The lowest BCUT2D eigenvalue weighted by molar-refractivity contribution is -0.120. The molecular formula is C16H18N2O. The second-order valence-electron chi connectivity index (χ2n) is 4.48. The molecule has 1 aromatic heterocycles. The molecule has 1 N–H and O–H groups in total. The van der Waals surface area contributed by atoms with Crippen LogP contribution in [0.25, 0.3) is 0 Å². The van der Waals surface area contributed by atoms with Crippen LogP contribution in [-0.2, 0) is 24.2 Å². The van der Waals surface area contributed by atoms with Crippen LogP contribution in [0.1, 0.15) is 23.6 Å². The SMILES string of the molecule is CCc1ccc(CC(=O)NCc2cccnc2)cc1. The molecule has 0 spiro atoms. The number of hydrogen-bond acceptors (Lipinski definition) is 2. The second-order valence-corrected chi connectivity index (χ2v) is 4.48. The van der Waals surface area contributed by atoms with Crippen LogP contribution in [0.15, 0.2) is 48.8 Å². The summed E-state index contributed by atoms with van der Waals surface area (Å²) in [6, 6.07) is 12.0. The Bertz CT molecular complexity index is 520. The molecule has 1 heterocycles. The molecule has 0 atom stereocenters. The molecule has 0 saturated heterocycles. The zero-order valence-electron chi connectivity index (χ0n) is 11.1. The summed E-state index contributed by atoms with van der Waals surface area (Å²) in [5.41, 5.74) is 3.34. The number of aromatic nitrogens is 1. The molecule has 1 aromatic carbocycles. The fourth-order valence-corrected chi connectivity index (χ4v) is 1.84. The summed E-state index contributed by atoms with van der Waals surface area (Å²) in [6.45, 7) is 2.65. The third kappa shape index (κ3) is 4.21. The van der Waals surface area contributed by atoms with Gasteiger partial charge in [0.15, 0.2) is 0 Å². The average molecular weight is 254 g/mol. The minimum atomic E-state index is 0.0353. The highest BCUT2D eigenvalue weighted by Gasteiger charge is 2.03. The van der Waals surface area contributed by atoms with Crippen molar-refractivity contribution >= 4 is 5.91 Å². The van der Waals surface area contributed by atoms with E-state index in [2.05, 4.69) is 29.4 Å². The molecule has 0 saturated carbocycles. The zero-order chi connectivity index (χ0) is 13.5. The van der Waals surface area contributed by atoms with Crippen molar-refractivity contribution in [3.8, 4) is 0 Å². The topological polar surface area (TPSA) is 42.0 Å². The molecule has 2 rings (SSSR count). The van der Waals surface area contributed by atoms with Crippen molar-refractivity contribution in [1.29, 1.82) is 0 Å². The molecular weight excluding hydrogens is 236 g/mol. The van der Waals surface area contributed by atoms with Crippen LogP contribution < -0.4 is 5.32 Å². The van der Waals surface area contributed by atoms with Crippen LogP contribution >= 0.6 is 0 Å². The van der Waals surface area contributed by atoms with Gasteiger partial charge >= 0.3 is 0 Å². The van der Waals surface area contributed by atoms with Crippen molar-refractivity contribution in [3.05, 3.63) is 65.5 Å². The fourth-order valence-electron chi connectivity index (χ4n) is 1.84. The van der Waals surface area contributed by atoms with Gasteiger partial charge in [-0.1, -0.05) is 37.3 Å². The molecule has 0 aliphatic carbocycles. The fraction of sp³-hybridized carbons (Fsp3) is 0.250. The molecule has 1 amide bonds. The Hall–Kier alpha value is -2.16. The van der Waals surface area contributed by atoms with Gasteiger partial charge in [0, 0.05) is 18.9 Å². The maximum absolute atomic E-state index is 11.8. The van der Waals surface area contributed by atoms with E-state index in [0.717, 1.165) is 17.5 Å². The first-order valence-electron chi connectivity index (χ1n) is 6.51. The summed E-state index contributed by atoms with van der Waals surface area (Å²) in [7, 11) is 0. The van der Waals surface area contributed by atoms with Gasteiger partial charge in [-0.25, -0.2) is 0 Å². The van der Waals surface area contributed by atoms with Gasteiger partial charge in [0.25, 0.3) is 0 Å². The Morgan fingerprint density at radius 1 is 1.11 bits per heavy atom. The van der Waals surface area contributed by atoms with Crippen LogP contribution in [0.4, 0.5) is 0 Å². The minimum absolute atomic E-state index is 0.0353. The summed E-state index contributed by atoms with van der Waals surface area (Å²) in [5, 5.41) is 2.90. The number of rotatable bonds is 5. The number of benzene rings is 1. The highest BCUT2D eigenvalue weighted by molar-refractivity contribution is 5.78. The number of nitrogens with one attached hydrogen (secondary N) is 1. The molecule has 98 valence electrons. The quantitative estimate of drug-likeness (QED) is 0.890. The van der Waals surface area contributed by atoms with Gasteiger partial charge in [-0.3, -0.25) is 9.78 Å². The summed E-state index contributed by atoms with van der Waals surface area (Å²) in [5.74, 6) is 0.0353. The van der Waals surface area contributed by atoms with Crippen molar-refractivity contribution in [1.82, 2.24) is 10.3 Å². The number of nitrogens with zero attached hydrogens (tertiary/aromatic N) is 1. The Morgan fingerprint density at radius 3 is 2.47 bits per heavy atom. The summed E-state index contributed by atoms with van der Waals surface area (Å²) >= 11 is 0. The Morgan fingerprint density at radius 2 is 1.84 bits per heavy atom. The number of carbonyl (C=O) groups excluding carboxylic acids is 1. The average Bonchev–Trinajstić information content (AvgIpc) is 2.47. The molecule has 2 aromatic rings. The van der Waals surface area contributed by atoms with Crippen molar-refractivity contribution in [2.75, 3.05) is 0 Å². The molecule has 0 aliphatic rings. The van der Waals surface area contributed by atoms with E-state index >= 15 is 0 Å². The van der Waals surface area contributed by atoms with Crippen molar-refractivity contribution in [3.63, 3.8) is 0 Å². The van der Waals surface area contributed by atoms with Crippen molar-refractivity contribution < 1.29 is 4.79 Å². The van der Waals surface area contributed by atoms with E-state index in [1.54, 1.807) is 12.4 Å². The monoisotopic (exact) mass is 254 g/mol. The van der Waals surface area contributed by atoms with Crippen LogP contribution in [0.2, 0.25) is 0 Å². The first-order valence-corrected chi connectivity index (χ1v) is 6.51. The van der Waals surface area contributed by atoms with E-state index in [0.29, 0.717) is 13.0 Å².